The van der Waals surface area contributed by atoms with Crippen LogP contribution in [0.4, 0.5) is 0 Å². The van der Waals surface area contributed by atoms with Gasteiger partial charge < -0.3 is 9.47 Å². The second kappa shape index (κ2) is 12.8. The molecule has 2 aromatic carbocycles. The summed E-state index contributed by atoms with van der Waals surface area (Å²) in [6.45, 7) is -3.17. The molecule has 2 aromatic heterocycles. The summed E-state index contributed by atoms with van der Waals surface area (Å²) in [4.78, 5) is 26.7. The highest BCUT2D eigenvalue weighted by Gasteiger charge is 2.14. The number of aromatic nitrogens is 6. The number of hydrogen-bond donors (Lipinski definition) is 0. The van der Waals surface area contributed by atoms with Crippen molar-refractivity contribution in [2.75, 3.05) is 13.2 Å². The molecule has 0 amide bonds. The fraction of sp³-hybridized carbons (Fsp3) is 0.407. The lowest BCUT2D eigenvalue weighted by atomic mass is 10.3. The van der Waals surface area contributed by atoms with Crippen molar-refractivity contribution in [3.63, 3.8) is 0 Å². The highest BCUT2D eigenvalue weighted by atomic mass is 16.5. The Morgan fingerprint density at radius 1 is 0.703 bits per heavy atom. The van der Waals surface area contributed by atoms with Gasteiger partial charge in [-0.1, -0.05) is 50.2 Å². The van der Waals surface area contributed by atoms with E-state index in [4.69, 9.17) is 17.7 Å². The normalized spacial score (nSPS) is 14.6. The van der Waals surface area contributed by atoms with Crippen LogP contribution in [0, 0.1) is 0 Å². The number of nitrogens with zero attached hydrogens (tertiary/aromatic N) is 6. The van der Waals surface area contributed by atoms with Crippen molar-refractivity contribution in [3.8, 4) is 11.5 Å². The van der Waals surface area contributed by atoms with E-state index in [1.54, 1.807) is 62.4 Å². The molecule has 0 unspecified atom stereocenters. The van der Waals surface area contributed by atoms with Crippen LogP contribution in [-0.2, 0) is 38.9 Å². The summed E-state index contributed by atoms with van der Waals surface area (Å²) in [7, 11) is 0. The van der Waals surface area contributed by atoms with E-state index in [0.717, 1.165) is 9.13 Å². The van der Waals surface area contributed by atoms with Crippen molar-refractivity contribution in [2.24, 2.45) is 0 Å². The molecule has 37 heavy (non-hydrogen) atoms. The Morgan fingerprint density at radius 2 is 1.11 bits per heavy atom. The van der Waals surface area contributed by atoms with Crippen LogP contribution in [0.3, 0.4) is 0 Å². The summed E-state index contributed by atoms with van der Waals surface area (Å²) in [5.74, 6) is 1.47. The minimum Gasteiger partial charge on any atom is -0.492 e. The molecule has 10 nitrogen and oxygen atoms in total. The van der Waals surface area contributed by atoms with Gasteiger partial charge in [0.25, 0.3) is 0 Å². The Kier molecular flexibility index (Phi) is 6.58. The van der Waals surface area contributed by atoms with Gasteiger partial charge in [0.1, 0.15) is 36.4 Å². The van der Waals surface area contributed by atoms with Crippen molar-refractivity contribution < 1.29 is 17.7 Å². The molecule has 10 heteroatoms. The summed E-state index contributed by atoms with van der Waals surface area (Å²) < 4.78 is 66.0. The van der Waals surface area contributed by atoms with Gasteiger partial charge in [-0.25, -0.2) is 19.0 Å². The van der Waals surface area contributed by atoms with Crippen molar-refractivity contribution in [1.82, 2.24) is 28.7 Å². The zero-order chi connectivity index (χ0) is 31.4. The summed E-state index contributed by atoms with van der Waals surface area (Å²) in [5.41, 5.74) is -1.97. The molecule has 0 fully saturated rings. The molecule has 0 saturated carbocycles. The molecule has 0 saturated heterocycles. The maximum absolute atomic E-state index is 13.3. The first kappa shape index (κ1) is 19.1. The fourth-order valence-electron chi connectivity index (χ4n) is 3.67. The number of hydrogen-bond acceptors (Lipinski definition) is 6. The standard InChI is InChI=1S/C27H34N6O4/c1-3-24-28-32(26(34)30(24)18-20-36-22-12-7-5-8-13-22)16-11-17-33-27(35)31(25(4-2)29-33)19-21-37-23-14-9-6-10-15-23/h5-10,12-15H,3-4,11,16-21H2,1-2H3/i11D2,16D2,17D2. The van der Waals surface area contributed by atoms with E-state index in [0.29, 0.717) is 20.9 Å². The van der Waals surface area contributed by atoms with Gasteiger partial charge in [-0.15, -0.1) is 0 Å². The van der Waals surface area contributed by atoms with Crippen LogP contribution >= 0.6 is 0 Å². The molecular formula is C27H34N6O4. The van der Waals surface area contributed by atoms with Gasteiger partial charge in [0, 0.05) is 28.6 Å². The van der Waals surface area contributed by atoms with Crippen LogP contribution in [0.2, 0.25) is 0 Å². The van der Waals surface area contributed by atoms with Crippen LogP contribution in [0.15, 0.2) is 70.3 Å². The lowest BCUT2D eigenvalue weighted by Gasteiger charge is -2.07. The Bertz CT molecular complexity index is 1510. The molecule has 0 N–H and O–H groups in total. The molecule has 4 aromatic rings. The molecule has 0 aliphatic carbocycles. The zero-order valence-electron chi connectivity index (χ0n) is 26.8. The Morgan fingerprint density at radius 3 is 1.49 bits per heavy atom. The summed E-state index contributed by atoms with van der Waals surface area (Å²) in [5, 5.41) is 8.06. The average molecular weight is 513 g/mol. The molecule has 0 aliphatic heterocycles. The van der Waals surface area contributed by atoms with Gasteiger partial charge in [-0.2, -0.15) is 10.2 Å². The van der Waals surface area contributed by atoms with E-state index >= 15 is 0 Å². The quantitative estimate of drug-likeness (QED) is 0.258. The van der Waals surface area contributed by atoms with Gasteiger partial charge in [0.15, 0.2) is 0 Å². The second-order valence-electron chi connectivity index (χ2n) is 7.90. The number of aryl methyl sites for hydroxylation is 4. The molecule has 0 atom stereocenters. The predicted octanol–water partition coefficient (Wildman–Crippen LogP) is 2.78. The van der Waals surface area contributed by atoms with Crippen molar-refractivity contribution >= 4 is 0 Å². The molecule has 0 bridgehead atoms. The smallest absolute Gasteiger partial charge is 0.346 e. The van der Waals surface area contributed by atoms with Crippen LogP contribution < -0.4 is 20.9 Å². The highest BCUT2D eigenvalue weighted by molar-refractivity contribution is 5.21. The minimum atomic E-state index is -3.50. The maximum atomic E-state index is 13.3. The fourth-order valence-corrected chi connectivity index (χ4v) is 3.67. The van der Waals surface area contributed by atoms with Gasteiger partial charge in [0.05, 0.1) is 18.6 Å². The summed E-state index contributed by atoms with van der Waals surface area (Å²) in [6, 6.07) is 17.8. The van der Waals surface area contributed by atoms with E-state index in [2.05, 4.69) is 10.2 Å². The van der Waals surface area contributed by atoms with E-state index in [1.807, 2.05) is 12.1 Å². The topological polar surface area (TPSA) is 98.1 Å². The summed E-state index contributed by atoms with van der Waals surface area (Å²) >= 11 is 0. The van der Waals surface area contributed by atoms with Gasteiger partial charge in [0.2, 0.25) is 0 Å². The van der Waals surface area contributed by atoms with E-state index in [1.165, 1.54) is 0 Å². The van der Waals surface area contributed by atoms with Crippen LogP contribution in [0.25, 0.3) is 0 Å². The van der Waals surface area contributed by atoms with Gasteiger partial charge in [-0.05, 0) is 30.6 Å². The molecule has 0 spiro atoms. The summed E-state index contributed by atoms with van der Waals surface area (Å²) in [6.07, 6.45) is -3.06. The molecular weight excluding hydrogens is 472 g/mol. The number of ether oxygens (including phenoxy) is 2. The lowest BCUT2D eigenvalue weighted by molar-refractivity contribution is 0.293. The Labute approximate surface area is 224 Å². The zero-order valence-corrected chi connectivity index (χ0v) is 20.8. The van der Waals surface area contributed by atoms with E-state index in [-0.39, 0.29) is 50.8 Å². The van der Waals surface area contributed by atoms with Crippen LogP contribution in [0.1, 0.15) is 40.1 Å². The van der Waals surface area contributed by atoms with E-state index in [9.17, 15) is 9.59 Å². The third kappa shape index (κ3) is 6.58. The first-order valence-electron chi connectivity index (χ1n) is 15.1. The molecule has 196 valence electrons. The predicted molar refractivity (Wildman–Crippen MR) is 140 cm³/mol. The molecule has 2 heterocycles. The Balaban J connectivity index is 1.61. The van der Waals surface area contributed by atoms with Crippen LogP contribution in [0.5, 0.6) is 11.5 Å². The molecule has 0 aliphatic rings. The lowest BCUT2D eigenvalue weighted by Crippen LogP contribution is -2.29. The number of benzene rings is 2. The first-order chi connectivity index (χ1) is 20.4. The first-order valence-corrected chi connectivity index (χ1v) is 12.1. The van der Waals surface area contributed by atoms with Gasteiger partial charge in [-0.3, -0.25) is 9.13 Å². The van der Waals surface area contributed by atoms with Crippen molar-refractivity contribution in [2.45, 2.75) is 59.1 Å². The van der Waals surface area contributed by atoms with Crippen molar-refractivity contribution in [3.05, 3.63) is 93.3 Å². The largest absolute Gasteiger partial charge is 0.492 e. The average Bonchev–Trinajstić information content (AvgIpc) is 3.50. The van der Waals surface area contributed by atoms with Crippen molar-refractivity contribution in [1.29, 1.82) is 0 Å². The number of rotatable bonds is 14. The van der Waals surface area contributed by atoms with Crippen LogP contribution in [-0.4, -0.2) is 41.9 Å². The SMILES string of the molecule is [2H]C([2H])(n1nc(CC)n(CCOc2ccccc2)c1=O)C([2H])([2H])C([2H])([2H])n1nc(CC)n(CCOc2ccccc2)c1=O. The maximum Gasteiger partial charge on any atom is 0.346 e. The Hall–Kier alpha value is -4.08. The second-order valence-corrected chi connectivity index (χ2v) is 7.90. The molecule has 4 rings (SSSR count). The van der Waals surface area contributed by atoms with E-state index < -0.39 is 30.7 Å². The molecule has 0 radical (unpaired) electrons. The number of para-hydroxylation sites is 2. The van der Waals surface area contributed by atoms with Gasteiger partial charge >= 0.3 is 11.4 Å². The monoisotopic (exact) mass is 512 g/mol. The minimum absolute atomic E-state index is 0.00233. The third-order valence-corrected chi connectivity index (χ3v) is 5.49. The highest BCUT2D eigenvalue weighted by Crippen LogP contribution is 2.09. The third-order valence-electron chi connectivity index (χ3n) is 5.49.